The number of halogens is 4. The van der Waals surface area contributed by atoms with Crippen molar-refractivity contribution >= 4 is 33.2 Å². The smallest absolute Gasteiger partial charge is 0.370 e. The summed E-state index contributed by atoms with van der Waals surface area (Å²) in [5.74, 6) is -0.548. The maximum Gasteiger partial charge on any atom is 0.417 e. The van der Waals surface area contributed by atoms with Crippen LogP contribution in [-0.4, -0.2) is 38.2 Å². The fourth-order valence-electron chi connectivity index (χ4n) is 6.21. The fraction of sp³-hybridized carbons (Fsp3) is 0.206. The first-order valence-electron chi connectivity index (χ1n) is 14.7. The van der Waals surface area contributed by atoms with Crippen molar-refractivity contribution in [2.24, 2.45) is 0 Å². The molecule has 4 heterocycles. The SMILES string of the molecule is CC1=C(c2ccc(-n3c(=O)c4c(n5ncc(Cc6ccccc6)c35)CN(C(=O)c3ccc(Br)c(C(F)(F)F)c3)CC4)cc2)NCN1. The molecule has 0 fully saturated rings. The van der Waals surface area contributed by atoms with E-state index in [1.165, 1.54) is 17.0 Å². The third kappa shape index (κ3) is 5.26. The zero-order valence-corrected chi connectivity index (χ0v) is 26.2. The van der Waals surface area contributed by atoms with Gasteiger partial charge in [0.1, 0.15) is 5.65 Å². The van der Waals surface area contributed by atoms with Gasteiger partial charge in [-0.3, -0.25) is 14.2 Å². The zero-order chi connectivity index (χ0) is 32.2. The molecule has 0 saturated heterocycles. The molecule has 7 rings (SSSR count). The molecule has 1 amide bonds. The van der Waals surface area contributed by atoms with E-state index < -0.39 is 17.6 Å². The molecule has 8 nitrogen and oxygen atoms in total. The molecular formula is C34H28BrF3N6O2. The molecule has 0 radical (unpaired) electrons. The van der Waals surface area contributed by atoms with Crippen molar-refractivity contribution < 1.29 is 18.0 Å². The number of rotatable bonds is 5. The number of fused-ring (bicyclic) bond motifs is 3. The fourth-order valence-corrected chi connectivity index (χ4v) is 6.68. The predicted molar refractivity (Wildman–Crippen MR) is 171 cm³/mol. The van der Waals surface area contributed by atoms with Crippen molar-refractivity contribution in [3.8, 4) is 5.69 Å². The second kappa shape index (κ2) is 11.5. The summed E-state index contributed by atoms with van der Waals surface area (Å²) in [6, 6.07) is 21.1. The van der Waals surface area contributed by atoms with E-state index >= 15 is 0 Å². The number of allylic oxidation sites excluding steroid dienone is 1. The van der Waals surface area contributed by atoms with Crippen LogP contribution in [-0.2, 0) is 25.6 Å². The van der Waals surface area contributed by atoms with E-state index in [-0.39, 0.29) is 35.1 Å². The summed E-state index contributed by atoms with van der Waals surface area (Å²) in [4.78, 5) is 29.3. The van der Waals surface area contributed by atoms with E-state index in [0.29, 0.717) is 35.7 Å². The van der Waals surface area contributed by atoms with Crippen molar-refractivity contribution in [3.05, 3.63) is 139 Å². The Morgan fingerprint density at radius 1 is 1.02 bits per heavy atom. The number of alkyl halides is 3. The van der Waals surface area contributed by atoms with Crippen molar-refractivity contribution in [2.45, 2.75) is 32.5 Å². The molecule has 3 aromatic carbocycles. The highest BCUT2D eigenvalue weighted by Gasteiger charge is 2.35. The molecule has 0 atom stereocenters. The monoisotopic (exact) mass is 688 g/mol. The number of hydrogen-bond donors (Lipinski definition) is 2. The number of benzene rings is 3. The lowest BCUT2D eigenvalue weighted by Gasteiger charge is -2.30. The van der Waals surface area contributed by atoms with E-state index in [0.717, 1.165) is 34.2 Å². The number of nitrogens with one attached hydrogen (secondary N) is 2. The Bertz CT molecular complexity index is 2090. The summed E-state index contributed by atoms with van der Waals surface area (Å²) in [6.07, 6.45) is -2.14. The molecule has 46 heavy (non-hydrogen) atoms. The number of carbonyl (C=O) groups excluding carboxylic acids is 1. The normalized spacial score (nSPS) is 14.8. The van der Waals surface area contributed by atoms with Crippen molar-refractivity contribution in [3.63, 3.8) is 0 Å². The summed E-state index contributed by atoms with van der Waals surface area (Å²) in [5.41, 5.74) is 5.99. The highest BCUT2D eigenvalue weighted by Crippen LogP contribution is 2.36. The zero-order valence-electron chi connectivity index (χ0n) is 24.7. The quantitative estimate of drug-likeness (QED) is 0.241. The van der Waals surface area contributed by atoms with Crippen LogP contribution >= 0.6 is 15.9 Å². The van der Waals surface area contributed by atoms with E-state index in [9.17, 15) is 22.8 Å². The van der Waals surface area contributed by atoms with Crippen LogP contribution in [0.2, 0.25) is 0 Å². The van der Waals surface area contributed by atoms with E-state index in [1.54, 1.807) is 15.3 Å². The first-order valence-corrected chi connectivity index (χ1v) is 15.5. The Labute approximate surface area is 270 Å². The Balaban J connectivity index is 1.33. The van der Waals surface area contributed by atoms with E-state index in [2.05, 4.69) is 26.6 Å². The third-order valence-electron chi connectivity index (χ3n) is 8.52. The Morgan fingerprint density at radius 2 is 1.78 bits per heavy atom. The van der Waals surface area contributed by atoms with E-state index in [1.807, 2.05) is 61.5 Å². The molecule has 0 bridgehead atoms. The second-order valence-corrected chi connectivity index (χ2v) is 12.2. The summed E-state index contributed by atoms with van der Waals surface area (Å²) >= 11 is 2.94. The standard InChI is InChI=1S/C34H28BrF3N6O2/c1-20-30(40-19-39-20)22-7-10-25(11-8-22)43-31-24(15-21-5-3-2-4-6-21)17-41-44(31)29-18-42(14-13-26(29)33(43)46)32(45)23-9-12-28(35)27(16-23)34(36,37)38/h2-12,16-17,39-40H,13-15,18-19H2,1H3. The van der Waals surface area contributed by atoms with Gasteiger partial charge in [-0.25, -0.2) is 4.52 Å². The number of nitrogens with zero attached hydrogens (tertiary/aromatic N) is 4. The molecule has 2 aliphatic heterocycles. The van der Waals surface area contributed by atoms with Gasteiger partial charge in [0, 0.05) is 39.8 Å². The molecule has 234 valence electrons. The first kappa shape index (κ1) is 29.8. The van der Waals surface area contributed by atoms with Gasteiger partial charge in [0.2, 0.25) is 0 Å². The van der Waals surface area contributed by atoms with Crippen LogP contribution < -0.4 is 16.2 Å². The second-order valence-electron chi connectivity index (χ2n) is 11.4. The summed E-state index contributed by atoms with van der Waals surface area (Å²) in [5, 5.41) is 11.3. The van der Waals surface area contributed by atoms with Gasteiger partial charge in [0.05, 0.1) is 42.1 Å². The number of aromatic nitrogens is 3. The minimum absolute atomic E-state index is 0.0235. The maximum absolute atomic E-state index is 14.3. The molecule has 5 aromatic rings. The average Bonchev–Trinajstić information content (AvgIpc) is 3.67. The molecule has 2 aromatic heterocycles. The molecule has 0 saturated carbocycles. The molecular weight excluding hydrogens is 661 g/mol. The van der Waals surface area contributed by atoms with Gasteiger partial charge < -0.3 is 15.5 Å². The van der Waals surface area contributed by atoms with Gasteiger partial charge in [-0.1, -0.05) is 58.4 Å². The largest absolute Gasteiger partial charge is 0.417 e. The van der Waals surface area contributed by atoms with Crippen molar-refractivity contribution in [1.29, 1.82) is 0 Å². The number of amides is 1. The molecule has 12 heteroatoms. The lowest BCUT2D eigenvalue weighted by Crippen LogP contribution is -2.41. The van der Waals surface area contributed by atoms with Gasteiger partial charge in [-0.05, 0) is 54.8 Å². The van der Waals surface area contributed by atoms with Crippen LogP contribution in [0.15, 0.2) is 94.0 Å². The number of hydrogen-bond acceptors (Lipinski definition) is 5. The van der Waals surface area contributed by atoms with Gasteiger partial charge in [-0.15, -0.1) is 0 Å². The Kier molecular flexibility index (Phi) is 7.47. The highest BCUT2D eigenvalue weighted by atomic mass is 79.9. The molecule has 0 aliphatic carbocycles. The number of carbonyl (C=O) groups is 1. The molecule has 0 unspecified atom stereocenters. The van der Waals surface area contributed by atoms with Crippen LogP contribution in [0.4, 0.5) is 13.2 Å². The molecule has 2 N–H and O–H groups in total. The predicted octanol–water partition coefficient (Wildman–Crippen LogP) is 5.89. The minimum atomic E-state index is -4.62. The topological polar surface area (TPSA) is 83.7 Å². The van der Waals surface area contributed by atoms with Crippen LogP contribution in [0.5, 0.6) is 0 Å². The maximum atomic E-state index is 14.3. The van der Waals surface area contributed by atoms with Gasteiger partial charge in [-0.2, -0.15) is 18.3 Å². The summed E-state index contributed by atoms with van der Waals surface area (Å²) < 4.78 is 44.0. The van der Waals surface area contributed by atoms with E-state index in [4.69, 9.17) is 5.10 Å². The lowest BCUT2D eigenvalue weighted by molar-refractivity contribution is -0.138. The lowest BCUT2D eigenvalue weighted by atomic mass is 10.0. The highest BCUT2D eigenvalue weighted by molar-refractivity contribution is 9.10. The van der Waals surface area contributed by atoms with Crippen molar-refractivity contribution in [2.75, 3.05) is 13.2 Å². The van der Waals surface area contributed by atoms with Crippen LogP contribution in [0.3, 0.4) is 0 Å². The van der Waals surface area contributed by atoms with Gasteiger partial charge in [0.25, 0.3) is 11.5 Å². The van der Waals surface area contributed by atoms with Crippen LogP contribution in [0.25, 0.3) is 17.0 Å². The van der Waals surface area contributed by atoms with Crippen molar-refractivity contribution in [1.82, 2.24) is 29.7 Å². The van der Waals surface area contributed by atoms with Gasteiger partial charge in [0.15, 0.2) is 0 Å². The van der Waals surface area contributed by atoms with Crippen LogP contribution in [0.1, 0.15) is 50.8 Å². The molecule has 2 aliphatic rings. The Hall–Kier alpha value is -4.84. The minimum Gasteiger partial charge on any atom is -0.370 e. The first-order chi connectivity index (χ1) is 22.1. The summed E-state index contributed by atoms with van der Waals surface area (Å²) in [6.45, 7) is 2.85. The Morgan fingerprint density at radius 3 is 2.48 bits per heavy atom. The average molecular weight is 690 g/mol. The van der Waals surface area contributed by atoms with Gasteiger partial charge >= 0.3 is 6.18 Å². The third-order valence-corrected chi connectivity index (χ3v) is 9.21. The summed E-state index contributed by atoms with van der Waals surface area (Å²) in [7, 11) is 0. The van der Waals surface area contributed by atoms with Crippen LogP contribution in [0, 0.1) is 0 Å². The molecule has 0 spiro atoms.